The van der Waals surface area contributed by atoms with E-state index >= 15 is 0 Å². The van der Waals surface area contributed by atoms with Crippen LogP contribution in [0.3, 0.4) is 0 Å². The fourth-order valence-corrected chi connectivity index (χ4v) is 2.84. The average molecular weight is 362 g/mol. The van der Waals surface area contributed by atoms with E-state index in [1.54, 1.807) is 0 Å². The van der Waals surface area contributed by atoms with Gasteiger partial charge in [0.2, 0.25) is 0 Å². The van der Waals surface area contributed by atoms with Crippen LogP contribution in [0.2, 0.25) is 5.02 Å². The Kier molecular flexibility index (Phi) is 3.75. The van der Waals surface area contributed by atoms with Crippen LogP contribution in [0.15, 0.2) is 18.2 Å². The van der Waals surface area contributed by atoms with Crippen LogP contribution in [-0.2, 0) is 0 Å². The Morgan fingerprint density at radius 3 is 2.65 bits per heavy atom. The normalized spacial score (nSPS) is 11.2. The quantitative estimate of drug-likeness (QED) is 0.484. The van der Waals surface area contributed by atoms with Crippen molar-refractivity contribution >= 4 is 50.8 Å². The monoisotopic (exact) mass is 361 g/mol. The molecule has 2 aromatic rings. The predicted octanol–water partition coefficient (Wildman–Crippen LogP) is 3.90. The van der Waals surface area contributed by atoms with E-state index in [2.05, 4.69) is 46.8 Å². The lowest BCUT2D eigenvalue weighted by atomic mass is 10.1. The summed E-state index contributed by atoms with van der Waals surface area (Å²) in [5.74, 6) is 5.92. The van der Waals surface area contributed by atoms with Crippen LogP contribution >= 0.6 is 34.2 Å². The van der Waals surface area contributed by atoms with Gasteiger partial charge in [-0.1, -0.05) is 25.4 Å². The molecule has 0 fully saturated rings. The number of hydrogen-bond acceptors (Lipinski definition) is 3. The number of benzene rings is 1. The van der Waals surface area contributed by atoms with Gasteiger partial charge in [0.05, 0.1) is 11.2 Å². The van der Waals surface area contributed by atoms with Crippen molar-refractivity contribution in [2.45, 2.75) is 19.8 Å². The Bertz CT molecular complexity index is 569. The van der Waals surface area contributed by atoms with Gasteiger partial charge in [-0.15, -0.1) is 0 Å². The van der Waals surface area contributed by atoms with Gasteiger partial charge < -0.3 is 5.43 Å². The molecule has 2 rings (SSSR count). The van der Waals surface area contributed by atoms with Gasteiger partial charge in [-0.05, 0) is 46.7 Å². The maximum Gasteiger partial charge on any atom is 0.0861 e. The Balaban J connectivity index is 2.82. The minimum absolute atomic E-state index is 0.359. The summed E-state index contributed by atoms with van der Waals surface area (Å²) in [6.45, 7) is 4.22. The highest BCUT2D eigenvalue weighted by Gasteiger charge is 2.11. The zero-order chi connectivity index (χ0) is 12.6. The number of fused-ring (bicyclic) bond motifs is 1. The fraction of sp³-hybridized carbons (Fsp3) is 0.250. The third-order valence-electron chi connectivity index (χ3n) is 2.60. The molecule has 5 heteroatoms. The Labute approximate surface area is 119 Å². The summed E-state index contributed by atoms with van der Waals surface area (Å²) in [7, 11) is 0. The number of hydrazine groups is 1. The van der Waals surface area contributed by atoms with Gasteiger partial charge >= 0.3 is 0 Å². The molecule has 0 aliphatic carbocycles. The summed E-state index contributed by atoms with van der Waals surface area (Å²) in [4.78, 5) is 4.66. The van der Waals surface area contributed by atoms with E-state index in [0.717, 1.165) is 25.9 Å². The number of nitrogens with zero attached hydrogens (tertiary/aromatic N) is 1. The molecule has 0 radical (unpaired) electrons. The lowest BCUT2D eigenvalue weighted by Gasteiger charge is -2.12. The molecular weight excluding hydrogens is 349 g/mol. The molecule has 0 aliphatic rings. The third kappa shape index (κ3) is 2.48. The van der Waals surface area contributed by atoms with Crippen molar-refractivity contribution in [1.29, 1.82) is 0 Å². The van der Waals surface area contributed by atoms with Gasteiger partial charge in [-0.3, -0.25) is 10.8 Å². The number of anilines is 1. The molecule has 0 saturated carbocycles. The van der Waals surface area contributed by atoms with Crippen molar-refractivity contribution in [3.8, 4) is 0 Å². The molecule has 1 heterocycles. The highest BCUT2D eigenvalue weighted by atomic mass is 127. The number of halogens is 2. The summed E-state index contributed by atoms with van der Waals surface area (Å²) in [6.07, 6.45) is 0. The van der Waals surface area contributed by atoms with Gasteiger partial charge in [-0.25, -0.2) is 0 Å². The van der Waals surface area contributed by atoms with Crippen LogP contribution in [0.4, 0.5) is 5.69 Å². The second-order valence-corrected chi connectivity index (χ2v) is 5.78. The lowest BCUT2D eigenvalue weighted by molar-refractivity contribution is 0.830. The molecule has 0 unspecified atom stereocenters. The highest BCUT2D eigenvalue weighted by molar-refractivity contribution is 14.1. The Morgan fingerprint density at radius 1 is 1.35 bits per heavy atom. The molecule has 0 saturated heterocycles. The molecule has 3 nitrogen and oxygen atoms in total. The van der Waals surface area contributed by atoms with Crippen molar-refractivity contribution in [3.63, 3.8) is 0 Å². The number of aromatic nitrogens is 1. The maximum absolute atomic E-state index is 6.05. The minimum Gasteiger partial charge on any atom is -0.323 e. The number of pyridine rings is 1. The zero-order valence-corrected chi connectivity index (χ0v) is 12.5. The highest BCUT2D eigenvalue weighted by Crippen LogP contribution is 2.31. The predicted molar refractivity (Wildman–Crippen MR) is 81.4 cm³/mol. The first-order chi connectivity index (χ1) is 8.02. The second-order valence-electron chi connectivity index (χ2n) is 4.18. The summed E-state index contributed by atoms with van der Waals surface area (Å²) >= 11 is 8.30. The SMILES string of the molecule is CC(C)c1cc(NN)c2cc(Cl)cc(I)c2n1. The molecule has 0 atom stereocenters. The van der Waals surface area contributed by atoms with Gasteiger partial charge in [0.25, 0.3) is 0 Å². The van der Waals surface area contributed by atoms with Crippen LogP contribution in [0.5, 0.6) is 0 Å². The van der Waals surface area contributed by atoms with Crippen molar-refractivity contribution in [3.05, 3.63) is 32.5 Å². The molecular formula is C12H13ClIN3. The molecule has 0 aliphatic heterocycles. The van der Waals surface area contributed by atoms with E-state index in [1.165, 1.54) is 0 Å². The number of hydrogen-bond donors (Lipinski definition) is 2. The number of nitrogens with one attached hydrogen (secondary N) is 1. The average Bonchev–Trinajstić information content (AvgIpc) is 2.27. The number of nitrogen functional groups attached to an aromatic ring is 1. The molecule has 0 bridgehead atoms. The topological polar surface area (TPSA) is 50.9 Å². The van der Waals surface area contributed by atoms with Gasteiger partial charge in [0.15, 0.2) is 0 Å². The zero-order valence-electron chi connectivity index (χ0n) is 9.59. The van der Waals surface area contributed by atoms with Gasteiger partial charge in [0, 0.05) is 19.7 Å². The first-order valence-corrected chi connectivity index (χ1v) is 6.75. The van der Waals surface area contributed by atoms with E-state index in [-0.39, 0.29) is 0 Å². The fourth-order valence-electron chi connectivity index (χ4n) is 1.69. The number of rotatable bonds is 2. The van der Waals surface area contributed by atoms with E-state index in [0.29, 0.717) is 10.9 Å². The van der Waals surface area contributed by atoms with Crippen LogP contribution in [-0.4, -0.2) is 4.98 Å². The van der Waals surface area contributed by atoms with E-state index in [9.17, 15) is 0 Å². The third-order valence-corrected chi connectivity index (χ3v) is 3.64. The molecule has 0 spiro atoms. The largest absolute Gasteiger partial charge is 0.323 e. The van der Waals surface area contributed by atoms with Crippen LogP contribution in [0, 0.1) is 3.57 Å². The molecule has 1 aromatic carbocycles. The molecule has 3 N–H and O–H groups in total. The van der Waals surface area contributed by atoms with E-state index in [4.69, 9.17) is 17.4 Å². The Hall–Kier alpha value is -0.590. The van der Waals surface area contributed by atoms with Crippen LogP contribution in [0.1, 0.15) is 25.5 Å². The summed E-state index contributed by atoms with van der Waals surface area (Å²) in [5, 5.41) is 1.64. The minimum atomic E-state index is 0.359. The van der Waals surface area contributed by atoms with Crippen molar-refractivity contribution < 1.29 is 0 Å². The van der Waals surface area contributed by atoms with Crippen molar-refractivity contribution in [2.75, 3.05) is 5.43 Å². The maximum atomic E-state index is 6.05. The van der Waals surface area contributed by atoms with Gasteiger partial charge in [-0.2, -0.15) is 0 Å². The van der Waals surface area contributed by atoms with E-state index in [1.807, 2.05) is 18.2 Å². The lowest BCUT2D eigenvalue weighted by Crippen LogP contribution is -2.09. The van der Waals surface area contributed by atoms with Gasteiger partial charge in [0.1, 0.15) is 0 Å². The second kappa shape index (κ2) is 4.96. The number of nitrogens with two attached hydrogens (primary N) is 1. The van der Waals surface area contributed by atoms with E-state index < -0.39 is 0 Å². The molecule has 17 heavy (non-hydrogen) atoms. The van der Waals surface area contributed by atoms with Crippen molar-refractivity contribution in [1.82, 2.24) is 4.98 Å². The van der Waals surface area contributed by atoms with Crippen LogP contribution < -0.4 is 11.3 Å². The molecule has 90 valence electrons. The first kappa shape index (κ1) is 12.9. The summed E-state index contributed by atoms with van der Waals surface area (Å²) in [5.41, 5.74) is 5.54. The van der Waals surface area contributed by atoms with Crippen LogP contribution in [0.25, 0.3) is 10.9 Å². The smallest absolute Gasteiger partial charge is 0.0861 e. The first-order valence-electron chi connectivity index (χ1n) is 5.29. The summed E-state index contributed by atoms with van der Waals surface area (Å²) < 4.78 is 1.03. The molecule has 0 amide bonds. The molecule has 1 aromatic heterocycles. The Morgan fingerprint density at radius 2 is 2.06 bits per heavy atom. The standard InChI is InChI=1S/C12H13ClIN3/c1-6(2)10-5-11(17-15)8-3-7(13)4-9(14)12(8)16-10/h3-6H,15H2,1-2H3,(H,16,17). The van der Waals surface area contributed by atoms with Crippen molar-refractivity contribution in [2.24, 2.45) is 5.84 Å². The summed E-state index contributed by atoms with van der Waals surface area (Å²) in [6, 6.07) is 5.76.